The van der Waals surface area contributed by atoms with Gasteiger partial charge in [0.2, 0.25) is 29.5 Å². The van der Waals surface area contributed by atoms with Crippen LogP contribution in [0.1, 0.15) is 485 Å². The molecule has 15 unspecified atom stereocenters. The lowest BCUT2D eigenvalue weighted by molar-refractivity contribution is -0.163. The van der Waals surface area contributed by atoms with Gasteiger partial charge in [-0.3, -0.25) is 38.4 Å². The van der Waals surface area contributed by atoms with Gasteiger partial charge in [-0.15, -0.1) is 0 Å². The third-order valence-corrected chi connectivity index (χ3v) is 43.1. The van der Waals surface area contributed by atoms with E-state index in [2.05, 4.69) is 137 Å². The van der Waals surface area contributed by atoms with Gasteiger partial charge in [0.1, 0.15) is 32.2 Å². The van der Waals surface area contributed by atoms with Crippen molar-refractivity contribution in [2.75, 3.05) is 46.1 Å². The summed E-state index contributed by atoms with van der Waals surface area (Å²) >= 11 is 0. The molecule has 0 bridgehead atoms. The maximum atomic E-state index is 13.3. The predicted molar refractivity (Wildman–Crippen MR) is 586 cm³/mol. The van der Waals surface area contributed by atoms with Gasteiger partial charge in [-0.05, 0) is 356 Å². The van der Waals surface area contributed by atoms with Crippen molar-refractivity contribution in [2.45, 2.75) is 522 Å². The van der Waals surface area contributed by atoms with Crippen LogP contribution < -0.4 is 26.6 Å². The maximum absolute atomic E-state index is 13.3. The van der Waals surface area contributed by atoms with Crippen molar-refractivity contribution in [3.63, 3.8) is 0 Å². The first-order valence-electron chi connectivity index (χ1n) is 61.5. The Balaban J connectivity index is 0.000000280. The molecule has 12 aliphatic rings. The van der Waals surface area contributed by atoms with Crippen molar-refractivity contribution < 1.29 is 62.4 Å². The lowest BCUT2D eigenvalue weighted by Gasteiger charge is -2.62. The monoisotopic (exact) mass is 2010 g/mol. The molecule has 5 amide bonds. The Kier molecular flexibility index (Phi) is 47.6. The number of hydrogen-bond donors (Lipinski definition) is 6. The number of Topliss-reactive ketones (excluding diaryl/α,β-unsaturated/α-hetero) is 2. The van der Waals surface area contributed by atoms with E-state index >= 15 is 0 Å². The molecule has 12 fully saturated rings. The number of unbranched alkanes of at least 4 members (excludes halogenated alkanes) is 12. The van der Waals surface area contributed by atoms with Gasteiger partial charge in [0.05, 0.1) is 49.5 Å². The molecular formula is C126H219N5O13. The van der Waals surface area contributed by atoms with Gasteiger partial charge in [-0.2, -0.15) is 0 Å². The number of allylic oxidation sites excluding steroid dienone is 1. The smallest absolute Gasteiger partial charge is 0.306 e. The molecule has 12 aliphatic carbocycles. The van der Waals surface area contributed by atoms with Crippen LogP contribution in [-0.4, -0.2) is 135 Å². The molecule has 12 saturated carbocycles. The van der Waals surface area contributed by atoms with E-state index in [-0.39, 0.29) is 130 Å². The number of carbonyl (C=O) groups excluding carboxylic acids is 8. The summed E-state index contributed by atoms with van der Waals surface area (Å²) in [4.78, 5) is 103. The summed E-state index contributed by atoms with van der Waals surface area (Å²) in [6.45, 7) is 47.6. The zero-order valence-corrected chi connectivity index (χ0v) is 95.9. The third-order valence-electron chi connectivity index (χ3n) is 43.1. The van der Waals surface area contributed by atoms with Crippen LogP contribution in [0.3, 0.4) is 0 Å². The van der Waals surface area contributed by atoms with Crippen LogP contribution in [0, 0.1) is 169 Å². The number of hydrogen-bond acceptors (Lipinski definition) is 13. The molecule has 0 radical (unpaired) electrons. The van der Waals surface area contributed by atoms with Gasteiger partial charge >= 0.3 is 5.97 Å². The first-order chi connectivity index (χ1) is 68.7. The highest BCUT2D eigenvalue weighted by Crippen LogP contribution is 2.73. The number of ketones is 2. The Morgan fingerprint density at radius 2 is 0.799 bits per heavy atom. The van der Waals surface area contributed by atoms with E-state index in [4.69, 9.17) is 18.9 Å². The summed E-state index contributed by atoms with van der Waals surface area (Å²) in [5.41, 5.74) is 2.53. The van der Waals surface area contributed by atoms with Crippen LogP contribution in [0.25, 0.3) is 0 Å². The van der Waals surface area contributed by atoms with Crippen molar-refractivity contribution in [3.05, 3.63) is 12.2 Å². The Labute approximate surface area is 879 Å². The summed E-state index contributed by atoms with van der Waals surface area (Å²) in [6, 6.07) is -1.50. The molecule has 144 heavy (non-hydrogen) atoms. The largest absolute Gasteiger partial charge is 0.463 e. The van der Waals surface area contributed by atoms with E-state index in [1.165, 1.54) is 250 Å². The summed E-state index contributed by atoms with van der Waals surface area (Å²) < 4.78 is 24.6. The second kappa shape index (κ2) is 57.1. The number of ether oxygens (including phenoxy) is 4. The quantitative estimate of drug-likeness (QED) is 0.0188. The standard InChI is InChI=1S/C70H121N3O6.C56H98N2O7/c1-45(2)18-15-20-48(7)54-28-30-56-52-25-24-50-42-51(32-37-67(50,9)58(52)33-38-69(54,56)11)78-43-64(75)71-40-14-13-22-61(66(77)47(5)6)73-63(74)35-41-72-65(76)44-79-62-23-17-36-68(10)59-34-39-70(12)55(49(8)21-16-19-46(3)4)29-31-57(70)53(59)26-27-60(62)68;1-9-10-11-12-13-14-15-16-17-18-19-20-21-25-51(60)49(38-65-54(63)31-30-50(59)41(4)5)58-52(61)37-57-53(62)39-64-44-32-34-55(7)43(36-44)26-27-45-47-29-28-46(42(6)24-22-23-40(2)3)56(47,8)35-33-48(45)55/h45-62H,13-44H2,1-12H3,(H,71,75)(H,72,76)(H,73,74);21,25,40-49,51,60H,9-20,22-24,26-39H2,1-8H3,(H,57,62)(H,58,61)/b;25-21+/t48-,49?,50?,51-,52?,53?,54?,55+,56?,57?,58?,59?,60?,61-,62-,67-,68+,69+,70+;42?,43?,44-,45?,46+,47?,48?,49-,51+,55-,56+/m00/s1. The first-order valence-corrected chi connectivity index (χ1v) is 61.5. The molecule has 0 spiro atoms. The topological polar surface area (TPSA) is 254 Å². The van der Waals surface area contributed by atoms with Crippen molar-refractivity contribution in [2.24, 2.45) is 169 Å². The molecule has 0 aromatic carbocycles. The highest BCUT2D eigenvalue weighted by atomic mass is 16.5. The molecule has 12 rings (SSSR count). The zero-order valence-electron chi connectivity index (χ0n) is 95.9. The lowest BCUT2D eigenvalue weighted by atomic mass is 9.44. The minimum atomic E-state index is -1.09. The van der Waals surface area contributed by atoms with Crippen molar-refractivity contribution in [1.29, 1.82) is 0 Å². The number of amides is 5. The van der Waals surface area contributed by atoms with E-state index in [0.29, 0.717) is 70.6 Å². The minimum absolute atomic E-state index is 0.0114. The summed E-state index contributed by atoms with van der Waals surface area (Å²) in [6.07, 6.45) is 66.6. The average Bonchev–Trinajstić information content (AvgIpc) is 1.53. The number of esters is 1. The number of aliphatic hydroxyl groups excluding tert-OH is 1. The summed E-state index contributed by atoms with van der Waals surface area (Å²) in [5.74, 6) is 14.7. The number of fused-ring (bicyclic) bond motifs is 15. The fourth-order valence-electron chi connectivity index (χ4n) is 34.8. The van der Waals surface area contributed by atoms with Crippen LogP contribution in [0.4, 0.5) is 0 Å². The molecule has 0 aromatic rings. The molecule has 6 N–H and O–H groups in total. The second-order valence-corrected chi connectivity index (χ2v) is 54.2. The van der Waals surface area contributed by atoms with Crippen LogP contribution in [0.5, 0.6) is 0 Å². The van der Waals surface area contributed by atoms with Gasteiger partial charge < -0.3 is 50.6 Å². The number of carbonyl (C=O) groups is 8. The Hall–Kier alpha value is -4.26. The minimum Gasteiger partial charge on any atom is -0.463 e. The summed E-state index contributed by atoms with van der Waals surface area (Å²) in [7, 11) is 0. The average molecular weight is 2010 g/mol. The van der Waals surface area contributed by atoms with E-state index < -0.39 is 30.1 Å². The molecule has 0 saturated heterocycles. The molecule has 30 atom stereocenters. The van der Waals surface area contributed by atoms with Crippen molar-refractivity contribution >= 4 is 47.1 Å². The number of aliphatic hydroxyl groups is 1. The fourth-order valence-corrected chi connectivity index (χ4v) is 34.8. The SMILES string of the molecule is CC(C)CCCC(C)[C@H]1CCC2C3CCC4[C@@H](OCC(=O)NCCC(=O)N[C@@H](CCCCNC(=O)CO[C@H]5CC[C@@]6(C)C(CCC7C6CC[C@@]6(C)C7CCC6[C@@H](C)CCCC(C)C)C5)C(=O)C(C)C)CCC[C@]4(C)C3CC[C@@]21C.CCCCCCCCCCCCC/C=C/[C@@H](O)[C@H](COC(=O)CCC(=O)C(C)C)NC(=O)CNC(=O)CO[C@H]1CC[C@@]2(C)C(CCC3C2CC[C@@]2(C)C3CC[C@@H]2C(C)CCCC(C)C)C1. The van der Waals surface area contributed by atoms with E-state index in [1.54, 1.807) is 19.9 Å². The molecule has 18 heteroatoms. The van der Waals surface area contributed by atoms with Crippen molar-refractivity contribution in [1.82, 2.24) is 26.6 Å². The van der Waals surface area contributed by atoms with Crippen LogP contribution in [0.2, 0.25) is 0 Å². The number of rotatable bonds is 58. The predicted octanol–water partition coefficient (Wildman–Crippen LogP) is 27.8. The van der Waals surface area contributed by atoms with Gasteiger partial charge in [0.15, 0.2) is 5.78 Å². The van der Waals surface area contributed by atoms with E-state index in [0.717, 1.165) is 164 Å². The normalized spacial score (nSPS) is 34.4. The summed E-state index contributed by atoms with van der Waals surface area (Å²) in [5, 5.41) is 25.6. The van der Waals surface area contributed by atoms with Crippen molar-refractivity contribution in [3.8, 4) is 0 Å². The van der Waals surface area contributed by atoms with Gasteiger partial charge in [0.25, 0.3) is 0 Å². The number of nitrogens with one attached hydrogen (secondary N) is 5. The Morgan fingerprint density at radius 3 is 1.27 bits per heavy atom. The zero-order chi connectivity index (χ0) is 104. The molecule has 0 aromatic heterocycles. The van der Waals surface area contributed by atoms with Gasteiger partial charge in [-0.25, -0.2) is 0 Å². The fraction of sp³-hybridized carbons (Fsp3) is 0.921. The third kappa shape index (κ3) is 32.0. The molecule has 826 valence electrons. The Bertz CT molecular complexity index is 3960. The lowest BCUT2D eigenvalue weighted by Crippen LogP contribution is -2.56. The highest BCUT2D eigenvalue weighted by Gasteiger charge is 2.65. The molecular weight excluding hydrogens is 1790 g/mol. The van der Waals surface area contributed by atoms with Crippen LogP contribution >= 0.6 is 0 Å². The van der Waals surface area contributed by atoms with Gasteiger partial charge in [-0.1, -0.05) is 279 Å². The van der Waals surface area contributed by atoms with E-state index in [1.807, 2.05) is 19.9 Å². The highest BCUT2D eigenvalue weighted by molar-refractivity contribution is 5.90. The molecule has 18 nitrogen and oxygen atoms in total. The Morgan fingerprint density at radius 1 is 0.368 bits per heavy atom. The van der Waals surface area contributed by atoms with E-state index in [9.17, 15) is 43.5 Å². The van der Waals surface area contributed by atoms with Crippen LogP contribution in [0.15, 0.2) is 12.2 Å². The van der Waals surface area contributed by atoms with Gasteiger partial charge in [0, 0.05) is 37.8 Å². The maximum Gasteiger partial charge on any atom is 0.306 e. The second-order valence-electron chi connectivity index (χ2n) is 54.2. The first kappa shape index (κ1) is 120. The molecule has 0 heterocycles. The molecule has 0 aliphatic heterocycles. The van der Waals surface area contributed by atoms with Crippen LogP contribution in [-0.2, 0) is 57.3 Å².